The van der Waals surface area contributed by atoms with Gasteiger partial charge in [0.1, 0.15) is 5.60 Å². The van der Waals surface area contributed by atoms with E-state index in [1.807, 2.05) is 6.92 Å². The fourth-order valence-electron chi connectivity index (χ4n) is 3.54. The molecule has 0 aliphatic carbocycles. The lowest BCUT2D eigenvalue weighted by Gasteiger charge is -2.38. The van der Waals surface area contributed by atoms with E-state index >= 15 is 0 Å². The molecule has 1 aliphatic rings. The topological polar surface area (TPSA) is 97.0 Å². The number of pyridine rings is 1. The van der Waals surface area contributed by atoms with Gasteiger partial charge in [0.15, 0.2) is 6.61 Å². The van der Waals surface area contributed by atoms with Gasteiger partial charge in [0, 0.05) is 36.4 Å². The van der Waals surface area contributed by atoms with E-state index in [9.17, 15) is 27.2 Å². The third-order valence-corrected chi connectivity index (χ3v) is 6.67. The molecule has 1 N–H and O–H groups in total. The average Bonchev–Trinajstić information content (AvgIpc) is 2.72. The number of ether oxygens (including phenoxy) is 1. The molecule has 1 unspecified atom stereocenters. The summed E-state index contributed by atoms with van der Waals surface area (Å²) in [6.45, 7) is 5.85. The van der Waals surface area contributed by atoms with Crippen LogP contribution in [0.25, 0.3) is 0 Å². The minimum Gasteiger partial charge on any atom is -0.444 e. The zero-order valence-electron chi connectivity index (χ0n) is 19.5. The first kappa shape index (κ1) is 25.8. The van der Waals surface area contributed by atoms with Gasteiger partial charge >= 0.3 is 6.09 Å². The summed E-state index contributed by atoms with van der Waals surface area (Å²) in [7, 11) is -4.13. The van der Waals surface area contributed by atoms with Crippen molar-refractivity contribution in [3.63, 3.8) is 0 Å². The lowest BCUT2D eigenvalue weighted by Crippen LogP contribution is -2.49. The fourth-order valence-corrected chi connectivity index (χ4v) is 4.42. The standard InChI is InChI=1S/C23H29F2N2O6S/c1-16-5-7-19(8-6-16)34(30,31)32-15-18-13-17(9-11-27(18)29)20-14-26(12-10-23(20,24)25)21(28)33-22(2,3)4/h5-9,11,13,20,29H,10,12,14-15H2,1-4H3/q+1. The maximum Gasteiger partial charge on any atom is 0.410 e. The first-order valence-electron chi connectivity index (χ1n) is 10.7. The van der Waals surface area contributed by atoms with Crippen molar-refractivity contribution < 1.29 is 40.9 Å². The summed E-state index contributed by atoms with van der Waals surface area (Å²) in [5, 5.41) is 10.1. The second kappa shape index (κ2) is 9.46. The molecule has 0 saturated carbocycles. The highest BCUT2D eigenvalue weighted by atomic mass is 32.2. The first-order chi connectivity index (χ1) is 15.7. The number of likely N-dealkylation sites (tertiary alicyclic amines) is 1. The Morgan fingerprint density at radius 2 is 1.88 bits per heavy atom. The third kappa shape index (κ3) is 6.20. The molecule has 1 amide bonds. The minimum atomic E-state index is -4.13. The smallest absolute Gasteiger partial charge is 0.410 e. The number of benzene rings is 1. The summed E-state index contributed by atoms with van der Waals surface area (Å²) in [6, 6.07) is 8.57. The number of carbonyl (C=O) groups excluding carboxylic acids is 1. The molecule has 34 heavy (non-hydrogen) atoms. The Balaban J connectivity index is 1.80. The summed E-state index contributed by atoms with van der Waals surface area (Å²) in [5.41, 5.74) is 0.191. The van der Waals surface area contributed by atoms with Crippen LogP contribution >= 0.6 is 0 Å². The fraction of sp³-hybridized carbons (Fsp3) is 0.478. The summed E-state index contributed by atoms with van der Waals surface area (Å²) in [6.07, 6.45) is -0.109. The van der Waals surface area contributed by atoms with Gasteiger partial charge in [-0.05, 0) is 45.4 Å². The molecule has 0 radical (unpaired) electrons. The molecule has 3 rings (SSSR count). The molecule has 2 heterocycles. The number of halogens is 2. The summed E-state index contributed by atoms with van der Waals surface area (Å²) in [4.78, 5) is 13.6. The Bertz CT molecular complexity index is 1150. The lowest BCUT2D eigenvalue weighted by molar-refractivity contribution is -0.910. The number of aromatic nitrogens is 1. The summed E-state index contributed by atoms with van der Waals surface area (Å²) in [5.74, 6) is -4.49. The number of aryl methyl sites for hydroxylation is 1. The van der Waals surface area contributed by atoms with Crippen molar-refractivity contribution in [2.75, 3.05) is 13.1 Å². The van der Waals surface area contributed by atoms with E-state index in [1.54, 1.807) is 32.9 Å². The number of hydrogen-bond acceptors (Lipinski definition) is 6. The number of nitrogens with zero attached hydrogens (tertiary/aromatic N) is 2. The van der Waals surface area contributed by atoms with Crippen LogP contribution in [0, 0.1) is 6.92 Å². The van der Waals surface area contributed by atoms with Crippen molar-refractivity contribution in [2.45, 2.75) is 63.1 Å². The van der Waals surface area contributed by atoms with Crippen LogP contribution in [0.2, 0.25) is 0 Å². The van der Waals surface area contributed by atoms with Gasteiger partial charge < -0.3 is 9.64 Å². The van der Waals surface area contributed by atoms with Crippen LogP contribution in [0.1, 0.15) is 49.9 Å². The highest BCUT2D eigenvalue weighted by Gasteiger charge is 2.47. The second-order valence-corrected chi connectivity index (χ2v) is 10.9. The molecule has 1 aromatic heterocycles. The summed E-state index contributed by atoms with van der Waals surface area (Å²) >= 11 is 0. The molecule has 1 aromatic carbocycles. The van der Waals surface area contributed by atoms with Crippen LogP contribution < -0.4 is 4.73 Å². The molecule has 2 aromatic rings. The van der Waals surface area contributed by atoms with Gasteiger partial charge in [-0.3, -0.25) is 9.39 Å². The van der Waals surface area contributed by atoms with Crippen molar-refractivity contribution in [3.05, 3.63) is 59.4 Å². The van der Waals surface area contributed by atoms with E-state index in [0.717, 1.165) is 11.8 Å². The summed E-state index contributed by atoms with van der Waals surface area (Å²) < 4.78 is 65.5. The van der Waals surface area contributed by atoms with Crippen molar-refractivity contribution in [1.29, 1.82) is 0 Å². The van der Waals surface area contributed by atoms with Crippen molar-refractivity contribution in [2.24, 2.45) is 0 Å². The first-order valence-corrected chi connectivity index (χ1v) is 12.1. The van der Waals surface area contributed by atoms with Crippen LogP contribution in [-0.4, -0.2) is 49.2 Å². The minimum absolute atomic E-state index is 0.0432. The van der Waals surface area contributed by atoms with Gasteiger partial charge in [-0.2, -0.15) is 8.42 Å². The Labute approximate surface area is 197 Å². The van der Waals surface area contributed by atoms with E-state index in [4.69, 9.17) is 8.92 Å². The molecule has 1 aliphatic heterocycles. The Morgan fingerprint density at radius 1 is 1.24 bits per heavy atom. The Morgan fingerprint density at radius 3 is 2.50 bits per heavy atom. The van der Waals surface area contributed by atoms with Gasteiger partial charge in [-0.1, -0.05) is 17.7 Å². The zero-order valence-corrected chi connectivity index (χ0v) is 20.3. The van der Waals surface area contributed by atoms with Crippen molar-refractivity contribution in [1.82, 2.24) is 4.90 Å². The highest BCUT2D eigenvalue weighted by Crippen LogP contribution is 2.40. The van der Waals surface area contributed by atoms with E-state index in [1.165, 1.54) is 29.2 Å². The maximum absolute atomic E-state index is 14.8. The SMILES string of the molecule is Cc1ccc(S(=O)(=O)OCc2cc(C3CN(C(=O)OC(C)(C)C)CCC3(F)F)cc[n+]2O)cc1. The number of piperidine rings is 1. The van der Waals surface area contributed by atoms with Crippen LogP contribution in [-0.2, 0) is 25.6 Å². The van der Waals surface area contributed by atoms with Gasteiger partial charge in [0.25, 0.3) is 21.7 Å². The quantitative estimate of drug-likeness (QED) is 0.382. The van der Waals surface area contributed by atoms with Crippen LogP contribution in [0.15, 0.2) is 47.5 Å². The molecule has 0 spiro atoms. The maximum atomic E-state index is 14.8. The molecule has 186 valence electrons. The number of amides is 1. The van der Waals surface area contributed by atoms with Crippen LogP contribution in [0.5, 0.6) is 0 Å². The second-order valence-electron chi connectivity index (χ2n) is 9.32. The highest BCUT2D eigenvalue weighted by molar-refractivity contribution is 7.86. The van der Waals surface area contributed by atoms with E-state index in [-0.39, 0.29) is 29.2 Å². The van der Waals surface area contributed by atoms with Gasteiger partial charge in [0.2, 0.25) is 6.20 Å². The Hall–Kier alpha value is -2.79. The van der Waals surface area contributed by atoms with Gasteiger partial charge in [-0.25, -0.2) is 13.6 Å². The van der Waals surface area contributed by atoms with E-state index < -0.39 is 46.7 Å². The molecular formula is C23H29F2N2O6S+. The Kier molecular flexibility index (Phi) is 7.18. The van der Waals surface area contributed by atoms with Crippen molar-refractivity contribution >= 4 is 16.2 Å². The monoisotopic (exact) mass is 499 g/mol. The number of hydrogen-bond donors (Lipinski definition) is 1. The molecule has 1 atom stereocenters. The molecule has 11 heteroatoms. The molecule has 8 nitrogen and oxygen atoms in total. The molecule has 1 fully saturated rings. The molecular weight excluding hydrogens is 470 g/mol. The van der Waals surface area contributed by atoms with Gasteiger partial charge in [0.05, 0.1) is 10.8 Å². The number of rotatable bonds is 5. The van der Waals surface area contributed by atoms with Crippen LogP contribution in [0.3, 0.4) is 0 Å². The predicted octanol–water partition coefficient (Wildman–Crippen LogP) is 3.79. The number of alkyl halides is 2. The average molecular weight is 500 g/mol. The molecule has 1 saturated heterocycles. The van der Waals surface area contributed by atoms with E-state index in [0.29, 0.717) is 4.73 Å². The van der Waals surface area contributed by atoms with Gasteiger partial charge in [-0.15, -0.1) is 0 Å². The normalized spacial score (nSPS) is 18.5. The van der Waals surface area contributed by atoms with Crippen molar-refractivity contribution in [3.8, 4) is 0 Å². The number of carbonyl (C=O) groups is 1. The molecule has 0 bridgehead atoms. The zero-order chi connectivity index (χ0) is 25.3. The third-order valence-electron chi connectivity index (χ3n) is 5.39. The largest absolute Gasteiger partial charge is 0.444 e. The van der Waals surface area contributed by atoms with E-state index in [2.05, 4.69) is 0 Å². The predicted molar refractivity (Wildman–Crippen MR) is 117 cm³/mol. The lowest BCUT2D eigenvalue weighted by atomic mass is 9.87. The van der Waals surface area contributed by atoms with Crippen LogP contribution in [0.4, 0.5) is 13.6 Å².